The minimum Gasteiger partial charge on any atom is -0.480 e. The number of nitrogens with zero attached hydrogens (tertiary/aromatic N) is 3. The molecular formula is C13H17N3O4. The Morgan fingerprint density at radius 1 is 1.45 bits per heavy atom. The first kappa shape index (κ1) is 14.3. The third-order valence-corrected chi connectivity index (χ3v) is 2.54. The van der Waals surface area contributed by atoms with Crippen molar-refractivity contribution >= 4 is 5.97 Å². The molecule has 7 nitrogen and oxygen atoms in total. The van der Waals surface area contributed by atoms with Crippen molar-refractivity contribution in [3.63, 3.8) is 0 Å². The van der Waals surface area contributed by atoms with Crippen LogP contribution in [0.15, 0.2) is 27.2 Å². The van der Waals surface area contributed by atoms with E-state index in [0.29, 0.717) is 36.5 Å². The maximum absolute atomic E-state index is 10.9. The maximum Gasteiger partial charge on any atom is 0.317 e. The van der Waals surface area contributed by atoms with E-state index in [2.05, 4.69) is 10.2 Å². The molecule has 0 aliphatic carbocycles. The summed E-state index contributed by atoms with van der Waals surface area (Å²) < 4.78 is 10.6. The number of furan rings is 1. The molecule has 0 saturated heterocycles. The number of aromatic nitrogens is 2. The number of carboxylic acids is 1. The van der Waals surface area contributed by atoms with Gasteiger partial charge in [-0.05, 0) is 18.1 Å². The summed E-state index contributed by atoms with van der Waals surface area (Å²) in [5.74, 6) is 0.638. The molecule has 7 heteroatoms. The van der Waals surface area contributed by atoms with Gasteiger partial charge in [0.25, 0.3) is 5.89 Å². The molecule has 1 N–H and O–H groups in total. The van der Waals surface area contributed by atoms with Crippen LogP contribution in [0.1, 0.15) is 19.7 Å². The zero-order valence-electron chi connectivity index (χ0n) is 11.4. The molecule has 0 fully saturated rings. The van der Waals surface area contributed by atoms with Crippen molar-refractivity contribution < 1.29 is 18.7 Å². The normalized spacial score (nSPS) is 11.4. The van der Waals surface area contributed by atoms with Gasteiger partial charge >= 0.3 is 5.97 Å². The zero-order chi connectivity index (χ0) is 14.5. The van der Waals surface area contributed by atoms with Gasteiger partial charge in [0, 0.05) is 6.54 Å². The van der Waals surface area contributed by atoms with Gasteiger partial charge in [0.15, 0.2) is 5.76 Å². The third-order valence-electron chi connectivity index (χ3n) is 2.54. The molecule has 0 amide bonds. The lowest BCUT2D eigenvalue weighted by molar-refractivity contribution is -0.138. The second-order valence-electron chi connectivity index (χ2n) is 4.94. The lowest BCUT2D eigenvalue weighted by Gasteiger charge is -2.20. The van der Waals surface area contributed by atoms with Gasteiger partial charge in [-0.3, -0.25) is 9.69 Å². The first-order chi connectivity index (χ1) is 9.54. The largest absolute Gasteiger partial charge is 0.480 e. The molecule has 0 bridgehead atoms. The van der Waals surface area contributed by atoms with Crippen LogP contribution in [-0.4, -0.2) is 39.3 Å². The van der Waals surface area contributed by atoms with Gasteiger partial charge in [-0.25, -0.2) is 0 Å². The van der Waals surface area contributed by atoms with Gasteiger partial charge in [-0.1, -0.05) is 13.8 Å². The minimum atomic E-state index is -0.878. The molecule has 0 spiro atoms. The second-order valence-corrected chi connectivity index (χ2v) is 4.94. The summed E-state index contributed by atoms with van der Waals surface area (Å²) in [6.45, 7) is 4.94. The number of hydrogen-bond donors (Lipinski definition) is 1. The number of aliphatic carboxylic acids is 1. The van der Waals surface area contributed by atoms with Crippen molar-refractivity contribution in [2.45, 2.75) is 20.4 Å². The van der Waals surface area contributed by atoms with E-state index in [-0.39, 0.29) is 6.54 Å². The Morgan fingerprint density at radius 2 is 2.25 bits per heavy atom. The SMILES string of the molecule is CC(C)CN(CC(=O)O)Cc1nnc(-c2ccco2)o1. The fourth-order valence-electron chi connectivity index (χ4n) is 1.90. The predicted molar refractivity (Wildman–Crippen MR) is 69.8 cm³/mol. The van der Waals surface area contributed by atoms with Crippen LogP contribution in [-0.2, 0) is 11.3 Å². The third kappa shape index (κ3) is 3.92. The van der Waals surface area contributed by atoms with Gasteiger partial charge in [0.1, 0.15) is 0 Å². The van der Waals surface area contributed by atoms with Crippen molar-refractivity contribution in [1.29, 1.82) is 0 Å². The zero-order valence-corrected chi connectivity index (χ0v) is 11.4. The molecule has 0 atom stereocenters. The average molecular weight is 279 g/mol. The topological polar surface area (TPSA) is 92.6 Å². The molecule has 2 aromatic rings. The lowest BCUT2D eigenvalue weighted by atomic mass is 10.2. The molecule has 0 unspecified atom stereocenters. The van der Waals surface area contributed by atoms with Crippen LogP contribution in [0.25, 0.3) is 11.7 Å². The van der Waals surface area contributed by atoms with Gasteiger partial charge in [0.05, 0.1) is 19.4 Å². The highest BCUT2D eigenvalue weighted by atomic mass is 16.4. The fourth-order valence-corrected chi connectivity index (χ4v) is 1.90. The first-order valence-corrected chi connectivity index (χ1v) is 6.35. The standard InChI is InChI=1S/C13H17N3O4/c1-9(2)6-16(8-12(17)18)7-11-14-15-13(20-11)10-4-3-5-19-10/h3-5,9H,6-8H2,1-2H3,(H,17,18). The van der Waals surface area contributed by atoms with Gasteiger partial charge in [-0.2, -0.15) is 0 Å². The van der Waals surface area contributed by atoms with Crippen molar-refractivity contribution in [3.8, 4) is 11.7 Å². The highest BCUT2D eigenvalue weighted by Crippen LogP contribution is 2.18. The quantitative estimate of drug-likeness (QED) is 0.826. The van der Waals surface area contributed by atoms with E-state index in [1.165, 1.54) is 6.26 Å². The van der Waals surface area contributed by atoms with E-state index in [1.54, 1.807) is 17.0 Å². The molecule has 2 rings (SSSR count). The highest BCUT2D eigenvalue weighted by molar-refractivity contribution is 5.69. The van der Waals surface area contributed by atoms with Crippen LogP contribution in [0, 0.1) is 5.92 Å². The minimum absolute atomic E-state index is 0.0589. The van der Waals surface area contributed by atoms with Crippen LogP contribution in [0.2, 0.25) is 0 Å². The molecule has 0 aliphatic rings. The monoisotopic (exact) mass is 279 g/mol. The molecule has 108 valence electrons. The number of rotatable bonds is 7. The van der Waals surface area contributed by atoms with Crippen LogP contribution in [0.4, 0.5) is 0 Å². The van der Waals surface area contributed by atoms with E-state index in [4.69, 9.17) is 13.9 Å². The number of hydrogen-bond acceptors (Lipinski definition) is 6. The predicted octanol–water partition coefficient (Wildman–Crippen LogP) is 1.87. The van der Waals surface area contributed by atoms with Crippen LogP contribution >= 0.6 is 0 Å². The van der Waals surface area contributed by atoms with E-state index < -0.39 is 5.97 Å². The van der Waals surface area contributed by atoms with E-state index >= 15 is 0 Å². The second kappa shape index (κ2) is 6.33. The summed E-state index contributed by atoms with van der Waals surface area (Å²) in [5, 5.41) is 16.7. The molecular weight excluding hydrogens is 262 g/mol. The highest BCUT2D eigenvalue weighted by Gasteiger charge is 2.17. The molecule has 0 saturated carbocycles. The summed E-state index contributed by atoms with van der Waals surface area (Å²) in [5.41, 5.74) is 0. The molecule has 0 aliphatic heterocycles. The van der Waals surface area contributed by atoms with Crippen LogP contribution in [0.3, 0.4) is 0 Å². The van der Waals surface area contributed by atoms with Gasteiger partial charge in [-0.15, -0.1) is 10.2 Å². The van der Waals surface area contributed by atoms with Crippen LogP contribution < -0.4 is 0 Å². The van der Waals surface area contributed by atoms with E-state index in [9.17, 15) is 4.79 Å². The molecule has 2 heterocycles. The lowest BCUT2D eigenvalue weighted by Crippen LogP contribution is -2.32. The Bertz CT molecular complexity index is 548. The molecule has 0 aromatic carbocycles. The average Bonchev–Trinajstić information content (AvgIpc) is 2.95. The van der Waals surface area contributed by atoms with E-state index in [0.717, 1.165) is 0 Å². The van der Waals surface area contributed by atoms with Crippen molar-refractivity contribution in [2.24, 2.45) is 5.92 Å². The molecule has 2 aromatic heterocycles. The summed E-state index contributed by atoms with van der Waals surface area (Å²) >= 11 is 0. The summed E-state index contributed by atoms with van der Waals surface area (Å²) in [4.78, 5) is 12.6. The molecule has 20 heavy (non-hydrogen) atoms. The van der Waals surface area contributed by atoms with Crippen molar-refractivity contribution in [3.05, 3.63) is 24.3 Å². The Morgan fingerprint density at radius 3 is 2.85 bits per heavy atom. The Balaban J connectivity index is 2.04. The smallest absolute Gasteiger partial charge is 0.317 e. The summed E-state index contributed by atoms with van der Waals surface area (Å²) in [7, 11) is 0. The van der Waals surface area contributed by atoms with Gasteiger partial charge < -0.3 is 13.9 Å². The Labute approximate surface area is 116 Å². The van der Waals surface area contributed by atoms with Gasteiger partial charge in [0.2, 0.25) is 5.89 Å². The van der Waals surface area contributed by atoms with Crippen molar-refractivity contribution in [1.82, 2.24) is 15.1 Å². The Hall–Kier alpha value is -2.15. The fraction of sp³-hybridized carbons (Fsp3) is 0.462. The van der Waals surface area contributed by atoms with Crippen LogP contribution in [0.5, 0.6) is 0 Å². The van der Waals surface area contributed by atoms with Crippen molar-refractivity contribution in [2.75, 3.05) is 13.1 Å². The number of carbonyl (C=O) groups is 1. The Kier molecular flexibility index (Phi) is 4.52. The van der Waals surface area contributed by atoms with E-state index in [1.807, 2.05) is 13.8 Å². The summed E-state index contributed by atoms with van der Waals surface area (Å²) in [6, 6.07) is 3.45. The first-order valence-electron chi connectivity index (χ1n) is 6.35. The summed E-state index contributed by atoms with van der Waals surface area (Å²) in [6.07, 6.45) is 1.52. The molecule has 0 radical (unpaired) electrons. The maximum atomic E-state index is 10.9. The number of carboxylic acid groups (broad SMARTS) is 1.